The molecule has 0 bridgehead atoms. The van der Waals surface area contributed by atoms with Crippen molar-refractivity contribution >= 4 is 5.95 Å². The molecular weight excluding hydrogens is 436 g/mol. The Bertz CT molecular complexity index is 1390. The molecule has 1 atom stereocenters. The predicted octanol–water partition coefficient (Wildman–Crippen LogP) is 3.66. The lowest BCUT2D eigenvalue weighted by Gasteiger charge is -2.42. The van der Waals surface area contributed by atoms with Crippen LogP contribution in [0.2, 0.25) is 0 Å². The number of aromatic hydroxyl groups is 1. The van der Waals surface area contributed by atoms with Crippen LogP contribution < -0.4 is 16.2 Å². The summed E-state index contributed by atoms with van der Waals surface area (Å²) >= 11 is 0. The van der Waals surface area contributed by atoms with Crippen LogP contribution in [0.4, 0.5) is 5.95 Å². The normalized spacial score (nSPS) is 18.7. The number of phenols is 1. The van der Waals surface area contributed by atoms with Gasteiger partial charge in [0, 0.05) is 26.2 Å². The number of piperidine rings is 1. The van der Waals surface area contributed by atoms with Gasteiger partial charge in [-0.3, -0.25) is 9.36 Å². The van der Waals surface area contributed by atoms with Gasteiger partial charge in [0.05, 0.1) is 11.6 Å². The molecule has 2 heterocycles. The zero-order valence-corrected chi connectivity index (χ0v) is 20.6. The van der Waals surface area contributed by atoms with E-state index in [1.807, 2.05) is 19.9 Å². The van der Waals surface area contributed by atoms with Crippen molar-refractivity contribution in [2.24, 2.45) is 18.2 Å². The number of aromatic nitrogens is 2. The molecule has 0 amide bonds. The zero-order valence-electron chi connectivity index (χ0n) is 20.6. The lowest BCUT2D eigenvalue weighted by atomic mass is 9.73. The average Bonchev–Trinajstić information content (AvgIpc) is 3.12. The summed E-state index contributed by atoms with van der Waals surface area (Å²) in [5, 5.41) is 9.80. The van der Waals surface area contributed by atoms with Crippen LogP contribution >= 0.6 is 0 Å². The third kappa shape index (κ3) is 4.11. The van der Waals surface area contributed by atoms with Gasteiger partial charge in [-0.2, -0.15) is 0 Å². The Labute approximate surface area is 206 Å². The SMILES string of the molecule is Cn1c(N2CCC3(CC2)Cc2ccccc2[C@H]3N)ncc(C#CC(C)(C)c2cccc(O)c2)c1=O. The van der Waals surface area contributed by atoms with Crippen molar-refractivity contribution in [2.75, 3.05) is 18.0 Å². The van der Waals surface area contributed by atoms with Crippen molar-refractivity contribution < 1.29 is 5.11 Å². The molecule has 1 fully saturated rings. The largest absolute Gasteiger partial charge is 0.508 e. The van der Waals surface area contributed by atoms with E-state index in [-0.39, 0.29) is 22.8 Å². The van der Waals surface area contributed by atoms with Crippen molar-refractivity contribution in [3.8, 4) is 17.6 Å². The molecule has 6 heteroatoms. The van der Waals surface area contributed by atoms with E-state index in [4.69, 9.17) is 5.73 Å². The highest BCUT2D eigenvalue weighted by molar-refractivity contribution is 5.44. The second-order valence-electron chi connectivity index (χ2n) is 10.5. The van der Waals surface area contributed by atoms with E-state index < -0.39 is 5.41 Å². The number of fused-ring (bicyclic) bond motifs is 1. The standard InChI is InChI=1S/C29H32N4O2/c1-28(2,22-8-6-9-23(34)17-22)12-11-21-19-31-27(32(3)26(21)35)33-15-13-29(14-16-33)18-20-7-4-5-10-24(20)25(29)30/h4-10,17,19,25,34H,13-16,18,30H2,1-3H3/t25-/m1/s1. The first-order valence-corrected chi connectivity index (χ1v) is 12.2. The van der Waals surface area contributed by atoms with Gasteiger partial charge in [-0.1, -0.05) is 48.2 Å². The fourth-order valence-electron chi connectivity index (χ4n) is 5.56. The van der Waals surface area contributed by atoms with Crippen LogP contribution in [0.3, 0.4) is 0 Å². The average molecular weight is 469 g/mol. The lowest BCUT2D eigenvalue weighted by Crippen LogP contribution is -2.46. The van der Waals surface area contributed by atoms with Gasteiger partial charge in [-0.05, 0) is 67.3 Å². The molecule has 0 saturated carbocycles. The molecule has 2 aliphatic rings. The molecule has 0 unspecified atom stereocenters. The highest BCUT2D eigenvalue weighted by atomic mass is 16.3. The summed E-state index contributed by atoms with van der Waals surface area (Å²) in [7, 11) is 1.76. The third-order valence-corrected chi connectivity index (χ3v) is 7.86. The van der Waals surface area contributed by atoms with E-state index in [1.165, 1.54) is 11.1 Å². The van der Waals surface area contributed by atoms with Gasteiger partial charge < -0.3 is 15.7 Å². The van der Waals surface area contributed by atoms with Crippen LogP contribution in [0.25, 0.3) is 0 Å². The van der Waals surface area contributed by atoms with Crippen LogP contribution in [0, 0.1) is 17.3 Å². The van der Waals surface area contributed by atoms with Crippen molar-refractivity contribution in [2.45, 2.75) is 44.6 Å². The molecule has 2 aromatic carbocycles. The Morgan fingerprint density at radius 3 is 2.60 bits per heavy atom. The van der Waals surface area contributed by atoms with Crippen LogP contribution in [-0.2, 0) is 18.9 Å². The summed E-state index contributed by atoms with van der Waals surface area (Å²) in [5.41, 5.74) is 10.0. The third-order valence-electron chi connectivity index (χ3n) is 7.86. The van der Waals surface area contributed by atoms with Crippen LogP contribution in [0.15, 0.2) is 59.5 Å². The summed E-state index contributed by atoms with van der Waals surface area (Å²) in [4.78, 5) is 20.0. The van der Waals surface area contributed by atoms with E-state index in [0.29, 0.717) is 11.5 Å². The molecular formula is C29H32N4O2. The number of nitrogens with two attached hydrogens (primary N) is 1. The molecule has 0 radical (unpaired) electrons. The van der Waals surface area contributed by atoms with Crippen LogP contribution in [-0.4, -0.2) is 27.7 Å². The number of nitrogens with zero attached hydrogens (tertiary/aromatic N) is 3. The second-order valence-corrected chi connectivity index (χ2v) is 10.5. The number of benzene rings is 2. The lowest BCUT2D eigenvalue weighted by molar-refractivity contribution is 0.186. The molecule has 3 N–H and O–H groups in total. The summed E-state index contributed by atoms with van der Waals surface area (Å²) < 4.78 is 1.60. The number of phenolic OH excluding ortho intramolecular Hbond substituents is 1. The quantitative estimate of drug-likeness (QED) is 0.561. The van der Waals surface area contributed by atoms with Crippen LogP contribution in [0.1, 0.15) is 55.0 Å². The number of rotatable bonds is 2. The summed E-state index contributed by atoms with van der Waals surface area (Å²) in [6.45, 7) is 5.57. The first-order valence-electron chi connectivity index (χ1n) is 12.2. The molecule has 5 rings (SSSR count). The van der Waals surface area contributed by atoms with E-state index >= 15 is 0 Å². The zero-order chi connectivity index (χ0) is 24.8. The molecule has 1 aromatic heterocycles. The summed E-state index contributed by atoms with van der Waals surface area (Å²) in [6, 6.07) is 15.6. The first-order chi connectivity index (χ1) is 16.7. The van der Waals surface area contributed by atoms with Gasteiger partial charge in [0.2, 0.25) is 5.95 Å². The number of anilines is 1. The molecule has 35 heavy (non-hydrogen) atoms. The first kappa shape index (κ1) is 23.2. The van der Waals surface area contributed by atoms with Gasteiger partial charge in [-0.25, -0.2) is 4.98 Å². The van der Waals surface area contributed by atoms with Gasteiger partial charge in [-0.15, -0.1) is 0 Å². The Morgan fingerprint density at radius 2 is 1.89 bits per heavy atom. The fourth-order valence-corrected chi connectivity index (χ4v) is 5.56. The smallest absolute Gasteiger partial charge is 0.270 e. The molecule has 1 spiro atoms. The molecule has 1 aliphatic heterocycles. The van der Waals surface area contributed by atoms with Crippen molar-refractivity contribution in [1.29, 1.82) is 0 Å². The Balaban J connectivity index is 1.34. The van der Waals surface area contributed by atoms with E-state index in [0.717, 1.165) is 37.9 Å². The minimum Gasteiger partial charge on any atom is -0.508 e. The Kier molecular flexibility index (Phi) is 5.69. The summed E-state index contributed by atoms with van der Waals surface area (Å²) in [6.07, 6.45) is 4.55. The number of hydrogen-bond donors (Lipinski definition) is 2. The van der Waals surface area contributed by atoms with Gasteiger partial charge >= 0.3 is 0 Å². The van der Waals surface area contributed by atoms with Gasteiger partial charge in [0.15, 0.2) is 0 Å². The highest BCUT2D eigenvalue weighted by Gasteiger charge is 2.46. The highest BCUT2D eigenvalue weighted by Crippen LogP contribution is 2.50. The molecule has 6 nitrogen and oxygen atoms in total. The van der Waals surface area contributed by atoms with E-state index in [9.17, 15) is 9.90 Å². The summed E-state index contributed by atoms with van der Waals surface area (Å²) in [5.74, 6) is 7.10. The predicted molar refractivity (Wildman–Crippen MR) is 138 cm³/mol. The van der Waals surface area contributed by atoms with Crippen LogP contribution in [0.5, 0.6) is 5.75 Å². The maximum absolute atomic E-state index is 13.1. The van der Waals surface area contributed by atoms with Crippen molar-refractivity contribution in [3.63, 3.8) is 0 Å². The molecule has 180 valence electrons. The van der Waals surface area contributed by atoms with E-state index in [1.54, 1.807) is 36.0 Å². The maximum Gasteiger partial charge on any atom is 0.270 e. The molecule has 1 saturated heterocycles. The minimum atomic E-state index is -0.527. The minimum absolute atomic E-state index is 0.0603. The van der Waals surface area contributed by atoms with Crippen molar-refractivity contribution in [3.05, 3.63) is 87.3 Å². The van der Waals surface area contributed by atoms with Gasteiger partial charge in [0.25, 0.3) is 5.56 Å². The molecule has 1 aliphatic carbocycles. The molecule has 3 aromatic rings. The Hall–Kier alpha value is -3.56. The maximum atomic E-state index is 13.1. The second kappa shape index (κ2) is 8.58. The van der Waals surface area contributed by atoms with Gasteiger partial charge in [0.1, 0.15) is 11.3 Å². The van der Waals surface area contributed by atoms with E-state index in [2.05, 4.69) is 46.0 Å². The number of hydrogen-bond acceptors (Lipinski definition) is 5. The van der Waals surface area contributed by atoms with Crippen molar-refractivity contribution in [1.82, 2.24) is 9.55 Å². The monoisotopic (exact) mass is 468 g/mol. The fraction of sp³-hybridized carbons (Fsp3) is 0.379. The Morgan fingerprint density at radius 1 is 1.14 bits per heavy atom. The topological polar surface area (TPSA) is 84.4 Å².